The molecule has 7 nitrogen and oxygen atoms in total. The van der Waals surface area contributed by atoms with Crippen LogP contribution in [0.4, 0.5) is 4.79 Å². The van der Waals surface area contributed by atoms with Gasteiger partial charge in [-0.05, 0) is 20.8 Å². The maximum atomic E-state index is 11.6. The summed E-state index contributed by atoms with van der Waals surface area (Å²) in [6.07, 6.45) is 1.50. The zero-order valence-corrected chi connectivity index (χ0v) is 10.7. The number of aromatic amines is 1. The molecule has 100 valence electrons. The molecule has 0 fully saturated rings. The van der Waals surface area contributed by atoms with Crippen LogP contribution in [0.3, 0.4) is 0 Å². The predicted molar refractivity (Wildman–Crippen MR) is 65.0 cm³/mol. The molecule has 0 spiro atoms. The number of aliphatic carboxylic acids is 1. The van der Waals surface area contributed by atoms with Gasteiger partial charge in [0.05, 0.1) is 12.6 Å². The number of rotatable bonds is 5. The number of nitrogens with zero attached hydrogens (tertiary/aromatic N) is 1. The highest BCUT2D eigenvalue weighted by atomic mass is 16.4. The molecule has 7 heteroatoms. The number of nitrogens with one attached hydrogen (secondary N) is 3. The summed E-state index contributed by atoms with van der Waals surface area (Å²) in [6.45, 7) is 5.52. The number of H-pyrrole nitrogens is 1. The first-order valence-electron chi connectivity index (χ1n) is 5.57. The van der Waals surface area contributed by atoms with Crippen molar-refractivity contribution in [1.29, 1.82) is 0 Å². The number of hydrogen-bond acceptors (Lipinski definition) is 3. The number of hydrogen-bond donors (Lipinski definition) is 4. The molecule has 0 saturated heterocycles. The third kappa shape index (κ3) is 4.44. The van der Waals surface area contributed by atoms with Crippen molar-refractivity contribution in [3.05, 3.63) is 17.5 Å². The Labute approximate surface area is 105 Å². The van der Waals surface area contributed by atoms with Gasteiger partial charge in [-0.15, -0.1) is 0 Å². The Hall–Kier alpha value is -2.05. The topological polar surface area (TPSA) is 107 Å². The van der Waals surface area contributed by atoms with Crippen LogP contribution < -0.4 is 10.6 Å². The van der Waals surface area contributed by atoms with E-state index in [1.807, 2.05) is 6.92 Å². The number of aromatic nitrogens is 2. The number of urea groups is 1. The van der Waals surface area contributed by atoms with Gasteiger partial charge in [0.2, 0.25) is 0 Å². The lowest BCUT2D eigenvalue weighted by Crippen LogP contribution is -2.49. The summed E-state index contributed by atoms with van der Waals surface area (Å²) in [7, 11) is 0. The maximum absolute atomic E-state index is 11.6. The first-order chi connectivity index (χ1) is 8.30. The van der Waals surface area contributed by atoms with Crippen molar-refractivity contribution in [2.75, 3.05) is 0 Å². The molecule has 18 heavy (non-hydrogen) atoms. The second kappa shape index (κ2) is 5.52. The molecule has 1 aromatic heterocycles. The number of carboxylic acid groups (broad SMARTS) is 1. The van der Waals surface area contributed by atoms with Gasteiger partial charge in [-0.1, -0.05) is 0 Å². The number of carbonyl (C=O) groups excluding carboxylic acids is 1. The van der Waals surface area contributed by atoms with Crippen LogP contribution in [-0.4, -0.2) is 32.8 Å². The van der Waals surface area contributed by atoms with Crippen LogP contribution in [0, 0.1) is 6.92 Å². The number of carboxylic acids is 1. The van der Waals surface area contributed by atoms with E-state index in [4.69, 9.17) is 5.11 Å². The van der Waals surface area contributed by atoms with Crippen LogP contribution in [0.25, 0.3) is 0 Å². The third-order valence-electron chi connectivity index (χ3n) is 2.42. The SMILES string of the molecule is Cc1[nH]ncc1CNC(=O)NC(C)(C)CC(=O)O. The fourth-order valence-corrected chi connectivity index (χ4v) is 1.50. The highest BCUT2D eigenvalue weighted by Crippen LogP contribution is 2.08. The summed E-state index contributed by atoms with van der Waals surface area (Å²) >= 11 is 0. The van der Waals surface area contributed by atoms with E-state index in [9.17, 15) is 9.59 Å². The fraction of sp³-hybridized carbons (Fsp3) is 0.545. The van der Waals surface area contributed by atoms with Crippen molar-refractivity contribution in [2.24, 2.45) is 0 Å². The lowest BCUT2D eigenvalue weighted by molar-refractivity contribution is -0.138. The lowest BCUT2D eigenvalue weighted by Gasteiger charge is -2.24. The van der Waals surface area contributed by atoms with Crippen molar-refractivity contribution in [3.63, 3.8) is 0 Å². The first-order valence-corrected chi connectivity index (χ1v) is 5.57. The molecule has 1 rings (SSSR count). The van der Waals surface area contributed by atoms with Crippen LogP contribution in [-0.2, 0) is 11.3 Å². The Morgan fingerprint density at radius 3 is 2.67 bits per heavy atom. The minimum absolute atomic E-state index is 0.134. The molecule has 0 atom stereocenters. The predicted octanol–water partition coefficient (Wildman–Crippen LogP) is 0.771. The van der Waals surface area contributed by atoms with E-state index in [-0.39, 0.29) is 6.42 Å². The van der Waals surface area contributed by atoms with Gasteiger partial charge in [-0.3, -0.25) is 9.89 Å². The van der Waals surface area contributed by atoms with Gasteiger partial charge in [0.1, 0.15) is 0 Å². The molecule has 0 aliphatic rings. The Bertz CT molecular complexity index is 439. The average Bonchev–Trinajstić information content (AvgIpc) is 2.58. The molecule has 1 aromatic rings. The minimum atomic E-state index is -0.953. The van der Waals surface area contributed by atoms with Crippen LogP contribution in [0.1, 0.15) is 31.5 Å². The summed E-state index contributed by atoms with van der Waals surface area (Å²) in [5.74, 6) is -0.953. The van der Waals surface area contributed by atoms with Gasteiger partial charge >= 0.3 is 12.0 Å². The van der Waals surface area contributed by atoms with Crippen LogP contribution >= 0.6 is 0 Å². The summed E-state index contributed by atoms with van der Waals surface area (Å²) in [6, 6.07) is -0.401. The molecule has 0 radical (unpaired) electrons. The fourth-order valence-electron chi connectivity index (χ4n) is 1.50. The number of carbonyl (C=O) groups is 2. The average molecular weight is 254 g/mol. The molecular weight excluding hydrogens is 236 g/mol. The molecule has 0 unspecified atom stereocenters. The zero-order chi connectivity index (χ0) is 13.8. The van der Waals surface area contributed by atoms with E-state index in [1.165, 1.54) is 0 Å². The molecular formula is C11H18N4O3. The van der Waals surface area contributed by atoms with Crippen LogP contribution in [0.2, 0.25) is 0 Å². The van der Waals surface area contributed by atoms with Crippen LogP contribution in [0.15, 0.2) is 6.20 Å². The Balaban J connectivity index is 2.42. The smallest absolute Gasteiger partial charge is 0.315 e. The van der Waals surface area contributed by atoms with Crippen molar-refractivity contribution in [1.82, 2.24) is 20.8 Å². The van der Waals surface area contributed by atoms with E-state index < -0.39 is 17.5 Å². The van der Waals surface area contributed by atoms with Gasteiger partial charge < -0.3 is 15.7 Å². The van der Waals surface area contributed by atoms with Gasteiger partial charge in [0.15, 0.2) is 0 Å². The largest absolute Gasteiger partial charge is 0.481 e. The van der Waals surface area contributed by atoms with Gasteiger partial charge in [0, 0.05) is 23.3 Å². The molecule has 1 heterocycles. The molecule has 0 saturated carbocycles. The number of aryl methyl sites for hydroxylation is 1. The zero-order valence-electron chi connectivity index (χ0n) is 10.7. The Kier molecular flexibility index (Phi) is 4.30. The summed E-state index contributed by atoms with van der Waals surface area (Å²) in [5, 5.41) is 20.6. The van der Waals surface area contributed by atoms with Gasteiger partial charge in [-0.2, -0.15) is 5.10 Å². The van der Waals surface area contributed by atoms with E-state index in [1.54, 1.807) is 20.0 Å². The van der Waals surface area contributed by atoms with Gasteiger partial charge in [0.25, 0.3) is 0 Å². The molecule has 0 aromatic carbocycles. The normalized spacial score (nSPS) is 11.1. The van der Waals surface area contributed by atoms with E-state index in [2.05, 4.69) is 20.8 Å². The maximum Gasteiger partial charge on any atom is 0.315 e. The summed E-state index contributed by atoms with van der Waals surface area (Å²) in [5.41, 5.74) is 0.989. The van der Waals surface area contributed by atoms with Crippen molar-refractivity contribution in [2.45, 2.75) is 39.3 Å². The Morgan fingerprint density at radius 1 is 1.50 bits per heavy atom. The highest BCUT2D eigenvalue weighted by molar-refractivity contribution is 5.76. The molecule has 4 N–H and O–H groups in total. The van der Waals surface area contributed by atoms with Crippen molar-refractivity contribution in [3.8, 4) is 0 Å². The van der Waals surface area contributed by atoms with Crippen molar-refractivity contribution >= 4 is 12.0 Å². The van der Waals surface area contributed by atoms with Crippen LogP contribution in [0.5, 0.6) is 0 Å². The van der Waals surface area contributed by atoms with Crippen molar-refractivity contribution < 1.29 is 14.7 Å². The molecule has 2 amide bonds. The number of amides is 2. The third-order valence-corrected chi connectivity index (χ3v) is 2.42. The molecule has 0 aliphatic heterocycles. The highest BCUT2D eigenvalue weighted by Gasteiger charge is 2.23. The first kappa shape index (κ1) is 14.0. The minimum Gasteiger partial charge on any atom is -0.481 e. The monoisotopic (exact) mass is 254 g/mol. The van der Waals surface area contributed by atoms with E-state index in [0.717, 1.165) is 11.3 Å². The standard InChI is InChI=1S/C11H18N4O3/c1-7-8(6-13-15-7)5-12-10(18)14-11(2,3)4-9(16)17/h6H,4-5H2,1-3H3,(H,13,15)(H,16,17)(H2,12,14,18). The molecule has 0 aliphatic carbocycles. The summed E-state index contributed by atoms with van der Waals surface area (Å²) in [4.78, 5) is 22.2. The lowest BCUT2D eigenvalue weighted by atomic mass is 10.0. The summed E-state index contributed by atoms with van der Waals surface area (Å²) < 4.78 is 0. The van der Waals surface area contributed by atoms with E-state index >= 15 is 0 Å². The second-order valence-corrected chi connectivity index (χ2v) is 4.78. The van der Waals surface area contributed by atoms with E-state index in [0.29, 0.717) is 6.54 Å². The Morgan fingerprint density at radius 2 is 2.17 bits per heavy atom. The second-order valence-electron chi connectivity index (χ2n) is 4.78. The quantitative estimate of drug-likeness (QED) is 0.622. The molecule has 0 bridgehead atoms. The van der Waals surface area contributed by atoms with Gasteiger partial charge in [-0.25, -0.2) is 4.79 Å².